The maximum absolute atomic E-state index is 11.4. The van der Waals surface area contributed by atoms with Crippen molar-refractivity contribution in [3.8, 4) is 0 Å². The number of hydrogen-bond donors (Lipinski definition) is 1. The molecule has 2 amide bonds. The summed E-state index contributed by atoms with van der Waals surface area (Å²) in [6.45, 7) is 5.37. The summed E-state index contributed by atoms with van der Waals surface area (Å²) < 4.78 is 0. The van der Waals surface area contributed by atoms with Gasteiger partial charge >= 0.3 is 0 Å². The van der Waals surface area contributed by atoms with Gasteiger partial charge in [-0.05, 0) is 12.3 Å². The number of carbonyl (C=O) groups excluding carboxylic acids is 2. The number of carbonyl (C=O) groups is 2. The molecular formula is C12H21N3O2. The van der Waals surface area contributed by atoms with E-state index in [2.05, 4.69) is 11.8 Å². The summed E-state index contributed by atoms with van der Waals surface area (Å²) in [5.41, 5.74) is 5.96. The first-order chi connectivity index (χ1) is 8.06. The third kappa shape index (κ3) is 3.04. The number of piperidine rings is 1. The summed E-state index contributed by atoms with van der Waals surface area (Å²) in [4.78, 5) is 26.6. The Morgan fingerprint density at radius 3 is 2.41 bits per heavy atom. The van der Waals surface area contributed by atoms with Gasteiger partial charge in [0.1, 0.15) is 0 Å². The Balaban J connectivity index is 1.81. The van der Waals surface area contributed by atoms with Gasteiger partial charge in [0.2, 0.25) is 11.8 Å². The summed E-state index contributed by atoms with van der Waals surface area (Å²) >= 11 is 0. The van der Waals surface area contributed by atoms with E-state index in [1.54, 1.807) is 0 Å². The Hall–Kier alpha value is -0.940. The molecule has 2 N–H and O–H groups in total. The topological polar surface area (TPSA) is 66.6 Å². The van der Waals surface area contributed by atoms with E-state index in [0.717, 1.165) is 26.1 Å². The van der Waals surface area contributed by atoms with E-state index in [1.807, 2.05) is 0 Å². The second kappa shape index (κ2) is 5.14. The van der Waals surface area contributed by atoms with E-state index in [0.29, 0.717) is 25.3 Å². The van der Waals surface area contributed by atoms with Crippen molar-refractivity contribution in [1.82, 2.24) is 9.80 Å². The average Bonchev–Trinajstić information content (AvgIpc) is 2.55. The lowest BCUT2D eigenvalue weighted by Crippen LogP contribution is -2.49. The van der Waals surface area contributed by atoms with E-state index in [1.165, 1.54) is 4.90 Å². The first kappa shape index (κ1) is 12.5. The number of hydrogen-bond acceptors (Lipinski definition) is 4. The van der Waals surface area contributed by atoms with Crippen molar-refractivity contribution in [3.63, 3.8) is 0 Å². The molecule has 2 atom stereocenters. The van der Waals surface area contributed by atoms with E-state index < -0.39 is 0 Å². The largest absolute Gasteiger partial charge is 0.327 e. The zero-order valence-electron chi connectivity index (χ0n) is 10.4. The lowest BCUT2D eigenvalue weighted by molar-refractivity contribution is -0.138. The van der Waals surface area contributed by atoms with Gasteiger partial charge in [-0.3, -0.25) is 19.4 Å². The number of nitrogens with two attached hydrogens (primary N) is 1. The van der Waals surface area contributed by atoms with E-state index in [9.17, 15) is 9.59 Å². The highest BCUT2D eigenvalue weighted by molar-refractivity contribution is 6.01. The van der Waals surface area contributed by atoms with Crippen LogP contribution in [0.5, 0.6) is 0 Å². The minimum atomic E-state index is -0.0237. The Labute approximate surface area is 102 Å². The molecule has 2 aliphatic heterocycles. The Bertz CT molecular complexity index is 293. The third-order valence-electron chi connectivity index (χ3n) is 3.56. The first-order valence-electron chi connectivity index (χ1n) is 6.37. The van der Waals surface area contributed by atoms with Crippen molar-refractivity contribution in [2.45, 2.75) is 32.2 Å². The monoisotopic (exact) mass is 239 g/mol. The second-order valence-electron chi connectivity index (χ2n) is 5.30. The van der Waals surface area contributed by atoms with E-state index in [4.69, 9.17) is 5.73 Å². The van der Waals surface area contributed by atoms with Gasteiger partial charge in [0.05, 0.1) is 0 Å². The van der Waals surface area contributed by atoms with E-state index in [-0.39, 0.29) is 17.9 Å². The number of nitrogens with zero attached hydrogens (tertiary/aromatic N) is 2. The predicted octanol–water partition coefficient (Wildman–Crippen LogP) is -0.195. The van der Waals surface area contributed by atoms with Crippen LogP contribution in [-0.2, 0) is 9.59 Å². The molecule has 2 aliphatic rings. The predicted molar refractivity (Wildman–Crippen MR) is 64.2 cm³/mol. The fraction of sp³-hybridized carbons (Fsp3) is 0.833. The highest BCUT2D eigenvalue weighted by Gasteiger charge is 2.29. The third-order valence-corrected chi connectivity index (χ3v) is 3.56. The molecule has 0 aromatic heterocycles. The highest BCUT2D eigenvalue weighted by Crippen LogP contribution is 2.16. The van der Waals surface area contributed by atoms with Crippen LogP contribution in [0.1, 0.15) is 26.2 Å². The van der Waals surface area contributed by atoms with E-state index >= 15 is 0 Å². The van der Waals surface area contributed by atoms with Gasteiger partial charge in [0, 0.05) is 45.1 Å². The van der Waals surface area contributed by atoms with Crippen LogP contribution in [0, 0.1) is 5.92 Å². The normalized spacial score (nSPS) is 31.3. The van der Waals surface area contributed by atoms with Crippen molar-refractivity contribution < 1.29 is 9.59 Å². The number of imide groups is 1. The lowest BCUT2D eigenvalue weighted by Gasteiger charge is -2.35. The number of amides is 2. The molecule has 0 spiro atoms. The molecule has 5 heteroatoms. The molecule has 17 heavy (non-hydrogen) atoms. The molecule has 2 heterocycles. The van der Waals surface area contributed by atoms with Gasteiger partial charge in [-0.25, -0.2) is 0 Å². The molecular weight excluding hydrogens is 218 g/mol. The van der Waals surface area contributed by atoms with Gasteiger partial charge in [-0.15, -0.1) is 0 Å². The van der Waals surface area contributed by atoms with Crippen LogP contribution >= 0.6 is 0 Å². The quantitative estimate of drug-likeness (QED) is 0.693. The van der Waals surface area contributed by atoms with Crippen molar-refractivity contribution in [2.75, 3.05) is 26.2 Å². The standard InChI is InChI=1S/C12H21N3O2/c1-9-6-10(13)8-14(7-9)4-5-15-11(16)2-3-12(15)17/h9-10H,2-8,13H2,1H3. The molecule has 0 radical (unpaired) electrons. The summed E-state index contributed by atoms with van der Waals surface area (Å²) in [6.07, 6.45) is 1.83. The molecule has 2 unspecified atom stereocenters. The molecule has 96 valence electrons. The molecule has 2 rings (SSSR count). The van der Waals surface area contributed by atoms with Gasteiger partial charge < -0.3 is 5.73 Å². The smallest absolute Gasteiger partial charge is 0.229 e. The van der Waals surface area contributed by atoms with Crippen LogP contribution < -0.4 is 5.73 Å². The fourth-order valence-electron chi connectivity index (χ4n) is 2.81. The minimum Gasteiger partial charge on any atom is -0.327 e. The maximum atomic E-state index is 11.4. The van der Waals surface area contributed by atoms with Crippen LogP contribution in [0.2, 0.25) is 0 Å². The first-order valence-corrected chi connectivity index (χ1v) is 6.37. The van der Waals surface area contributed by atoms with Gasteiger partial charge in [-0.2, -0.15) is 0 Å². The molecule has 0 aliphatic carbocycles. The lowest BCUT2D eigenvalue weighted by atomic mass is 9.97. The fourth-order valence-corrected chi connectivity index (χ4v) is 2.81. The molecule has 0 saturated carbocycles. The Morgan fingerprint density at radius 1 is 1.18 bits per heavy atom. The maximum Gasteiger partial charge on any atom is 0.229 e. The van der Waals surface area contributed by atoms with Crippen molar-refractivity contribution in [3.05, 3.63) is 0 Å². The van der Waals surface area contributed by atoms with Gasteiger partial charge in [-0.1, -0.05) is 6.92 Å². The van der Waals surface area contributed by atoms with Crippen molar-refractivity contribution >= 4 is 11.8 Å². The molecule has 0 aromatic carbocycles. The zero-order valence-corrected chi connectivity index (χ0v) is 10.4. The van der Waals surface area contributed by atoms with Gasteiger partial charge in [0.15, 0.2) is 0 Å². The minimum absolute atomic E-state index is 0.0237. The van der Waals surface area contributed by atoms with Crippen LogP contribution in [-0.4, -0.2) is 53.8 Å². The zero-order chi connectivity index (χ0) is 12.4. The van der Waals surface area contributed by atoms with Crippen LogP contribution in [0.25, 0.3) is 0 Å². The Morgan fingerprint density at radius 2 is 1.82 bits per heavy atom. The summed E-state index contributed by atoms with van der Waals surface area (Å²) in [7, 11) is 0. The van der Waals surface area contributed by atoms with Crippen LogP contribution in [0.3, 0.4) is 0 Å². The molecule has 0 aromatic rings. The highest BCUT2D eigenvalue weighted by atomic mass is 16.2. The SMILES string of the molecule is CC1CC(N)CN(CCN2C(=O)CCC2=O)C1. The molecule has 0 bridgehead atoms. The number of rotatable bonds is 3. The molecule has 2 fully saturated rings. The average molecular weight is 239 g/mol. The summed E-state index contributed by atoms with van der Waals surface area (Å²) in [6, 6.07) is 0.226. The molecule has 2 saturated heterocycles. The van der Waals surface area contributed by atoms with Crippen LogP contribution in [0.4, 0.5) is 0 Å². The van der Waals surface area contributed by atoms with Gasteiger partial charge in [0.25, 0.3) is 0 Å². The van der Waals surface area contributed by atoms with Crippen LogP contribution in [0.15, 0.2) is 0 Å². The number of likely N-dealkylation sites (tertiary alicyclic amines) is 2. The van der Waals surface area contributed by atoms with Crippen molar-refractivity contribution in [1.29, 1.82) is 0 Å². The van der Waals surface area contributed by atoms with Crippen molar-refractivity contribution in [2.24, 2.45) is 11.7 Å². The summed E-state index contributed by atoms with van der Waals surface area (Å²) in [5, 5.41) is 0. The second-order valence-corrected chi connectivity index (χ2v) is 5.30. The molecule has 5 nitrogen and oxygen atoms in total. The Kier molecular flexibility index (Phi) is 3.79. The summed E-state index contributed by atoms with van der Waals surface area (Å²) in [5.74, 6) is 0.553.